The fraction of sp³-hybridized carbons (Fsp3) is 0.455. The van der Waals surface area contributed by atoms with Gasteiger partial charge in [-0.3, -0.25) is 9.69 Å². The van der Waals surface area contributed by atoms with Gasteiger partial charge in [0.15, 0.2) is 5.78 Å². The quantitative estimate of drug-likeness (QED) is 0.466. The number of rotatable bonds is 5. The minimum atomic E-state index is -4.66. The van der Waals surface area contributed by atoms with E-state index in [9.17, 15) is 22.8 Å². The third-order valence-electron chi connectivity index (χ3n) is 5.57. The molecular formula is C22H24ClF3N6O3. The number of hydrogen-bond acceptors (Lipinski definition) is 8. The molecule has 13 heteroatoms. The zero-order valence-electron chi connectivity index (χ0n) is 19.2. The van der Waals surface area contributed by atoms with Crippen LogP contribution in [0.2, 0.25) is 5.02 Å². The summed E-state index contributed by atoms with van der Waals surface area (Å²) in [7, 11) is 0. The highest BCUT2D eigenvalue weighted by Gasteiger charge is 2.47. The summed E-state index contributed by atoms with van der Waals surface area (Å²) < 4.78 is 46.5. The molecule has 1 aromatic heterocycles. The number of nitrogens with one attached hydrogen (secondary N) is 2. The maximum atomic E-state index is 13.2. The maximum Gasteiger partial charge on any atom is 0.417 e. The molecule has 188 valence electrons. The monoisotopic (exact) mass is 512 g/mol. The molecule has 1 atom stereocenters. The molecule has 2 aromatic rings. The average molecular weight is 513 g/mol. The topological polar surface area (TPSA) is 101 Å². The van der Waals surface area contributed by atoms with Gasteiger partial charge in [-0.1, -0.05) is 22.9 Å². The van der Waals surface area contributed by atoms with E-state index in [0.29, 0.717) is 24.4 Å². The normalized spacial score (nSPS) is 20.4. The summed E-state index contributed by atoms with van der Waals surface area (Å²) in [6.07, 6.45) is -1.12. The number of alkyl halides is 3. The van der Waals surface area contributed by atoms with E-state index in [1.807, 2.05) is 0 Å². The largest absolute Gasteiger partial charge is 0.457 e. The average Bonchev–Trinajstić information content (AvgIpc) is 3.39. The molecule has 0 fully saturated rings. The van der Waals surface area contributed by atoms with Crippen LogP contribution in [-0.4, -0.2) is 50.3 Å². The fourth-order valence-corrected chi connectivity index (χ4v) is 4.31. The highest BCUT2D eigenvalue weighted by atomic mass is 35.5. The molecule has 0 spiro atoms. The second kappa shape index (κ2) is 8.92. The SMILES string of the molecule is CC(C)(C)OC(=O)C1(n2nnc3c2CCN(CC(=O)c2cccc(C(F)(F)F)c2Cl)C3)C=CNN1. The summed E-state index contributed by atoms with van der Waals surface area (Å²) >= 11 is 5.91. The first kappa shape index (κ1) is 25.1. The third kappa shape index (κ3) is 4.91. The van der Waals surface area contributed by atoms with Crippen molar-refractivity contribution in [2.45, 2.75) is 51.2 Å². The van der Waals surface area contributed by atoms with Gasteiger partial charge in [-0.15, -0.1) is 5.10 Å². The van der Waals surface area contributed by atoms with Crippen molar-refractivity contribution in [1.29, 1.82) is 0 Å². The number of carbonyl (C=O) groups is 2. The Balaban J connectivity index is 1.53. The lowest BCUT2D eigenvalue weighted by Crippen LogP contribution is -2.56. The van der Waals surface area contributed by atoms with Crippen molar-refractivity contribution in [1.82, 2.24) is 30.7 Å². The molecule has 35 heavy (non-hydrogen) atoms. The molecule has 1 unspecified atom stereocenters. The third-order valence-corrected chi connectivity index (χ3v) is 5.98. The predicted octanol–water partition coefficient (Wildman–Crippen LogP) is 2.81. The Bertz CT molecular complexity index is 1190. The molecule has 0 radical (unpaired) electrons. The molecular weight excluding hydrogens is 489 g/mol. The van der Waals surface area contributed by atoms with Crippen molar-refractivity contribution in [3.63, 3.8) is 0 Å². The number of ketones is 1. The number of fused-ring (bicyclic) bond motifs is 1. The second-order valence-corrected chi connectivity index (χ2v) is 9.69. The van der Waals surface area contributed by atoms with Gasteiger partial charge in [-0.2, -0.15) is 18.6 Å². The molecule has 0 saturated heterocycles. The van der Waals surface area contributed by atoms with Crippen LogP contribution in [0.1, 0.15) is 48.1 Å². The molecule has 4 rings (SSSR count). The predicted molar refractivity (Wildman–Crippen MR) is 119 cm³/mol. The number of esters is 1. The van der Waals surface area contributed by atoms with Crippen LogP contribution in [0.4, 0.5) is 13.2 Å². The van der Waals surface area contributed by atoms with Gasteiger partial charge in [-0.05, 0) is 39.0 Å². The fourth-order valence-electron chi connectivity index (χ4n) is 3.97. The van der Waals surface area contributed by atoms with Crippen molar-refractivity contribution in [2.24, 2.45) is 0 Å². The Morgan fingerprint density at radius 3 is 2.63 bits per heavy atom. The van der Waals surface area contributed by atoms with Crippen LogP contribution >= 0.6 is 11.6 Å². The lowest BCUT2D eigenvalue weighted by molar-refractivity contribution is -0.166. The molecule has 1 aromatic carbocycles. The highest BCUT2D eigenvalue weighted by molar-refractivity contribution is 6.34. The van der Waals surface area contributed by atoms with Crippen LogP contribution in [0.3, 0.4) is 0 Å². The number of ether oxygens (including phenoxy) is 1. The van der Waals surface area contributed by atoms with Crippen LogP contribution in [0.5, 0.6) is 0 Å². The highest BCUT2D eigenvalue weighted by Crippen LogP contribution is 2.36. The molecule has 2 N–H and O–H groups in total. The summed E-state index contributed by atoms with van der Waals surface area (Å²) in [6.45, 7) is 5.74. The van der Waals surface area contributed by atoms with Crippen LogP contribution in [-0.2, 0) is 34.3 Å². The van der Waals surface area contributed by atoms with Crippen molar-refractivity contribution < 1.29 is 27.5 Å². The van der Waals surface area contributed by atoms with E-state index in [0.717, 1.165) is 12.1 Å². The standard InChI is InChI=1S/C22H24ClF3N6O3/c1-20(2,3)35-19(34)21(8-9-27-29-21)32-16-7-10-31(11-15(16)28-30-32)12-17(33)13-5-4-6-14(18(13)23)22(24,25)26/h4-6,8-9,27,29H,7,10-12H2,1-3H3. The summed E-state index contributed by atoms with van der Waals surface area (Å²) in [5.74, 6) is -1.11. The van der Waals surface area contributed by atoms with Crippen molar-refractivity contribution in [2.75, 3.05) is 13.1 Å². The van der Waals surface area contributed by atoms with E-state index >= 15 is 0 Å². The number of aromatic nitrogens is 3. The molecule has 2 aliphatic heterocycles. The number of hydrogen-bond donors (Lipinski definition) is 2. The first-order valence-electron chi connectivity index (χ1n) is 10.8. The van der Waals surface area contributed by atoms with E-state index in [-0.39, 0.29) is 18.7 Å². The van der Waals surface area contributed by atoms with Crippen LogP contribution in [0.15, 0.2) is 30.5 Å². The number of Topliss-reactive ketones (excluding diaryl/α,β-unsaturated/α-hetero) is 1. The van der Waals surface area contributed by atoms with E-state index in [1.165, 1.54) is 10.7 Å². The minimum absolute atomic E-state index is 0.149. The Labute approximate surface area is 204 Å². The van der Waals surface area contributed by atoms with Crippen molar-refractivity contribution >= 4 is 23.4 Å². The van der Waals surface area contributed by atoms with Crippen LogP contribution < -0.4 is 10.9 Å². The van der Waals surface area contributed by atoms with Gasteiger partial charge in [0.2, 0.25) is 5.66 Å². The lowest BCUT2D eigenvalue weighted by atomic mass is 10.0. The van der Waals surface area contributed by atoms with Crippen LogP contribution in [0.25, 0.3) is 0 Å². The van der Waals surface area contributed by atoms with Gasteiger partial charge in [0.25, 0.3) is 0 Å². The van der Waals surface area contributed by atoms with E-state index < -0.39 is 39.8 Å². The summed E-state index contributed by atoms with van der Waals surface area (Å²) in [5, 5.41) is 7.77. The first-order valence-corrected chi connectivity index (χ1v) is 11.2. The zero-order valence-corrected chi connectivity index (χ0v) is 20.0. The summed E-state index contributed by atoms with van der Waals surface area (Å²) in [6, 6.07) is 3.28. The molecule has 0 saturated carbocycles. The molecule has 0 aliphatic carbocycles. The van der Waals surface area contributed by atoms with Crippen molar-refractivity contribution in [3.8, 4) is 0 Å². The van der Waals surface area contributed by atoms with Gasteiger partial charge in [0.05, 0.1) is 22.8 Å². The Hall–Kier alpha value is -2.96. The van der Waals surface area contributed by atoms with E-state index in [4.69, 9.17) is 16.3 Å². The summed E-state index contributed by atoms with van der Waals surface area (Å²) in [4.78, 5) is 27.6. The molecule has 0 amide bonds. The zero-order chi connectivity index (χ0) is 25.6. The van der Waals surface area contributed by atoms with Gasteiger partial charge in [0, 0.05) is 31.3 Å². The molecule has 3 heterocycles. The number of hydrazine groups is 1. The Morgan fingerprint density at radius 1 is 1.26 bits per heavy atom. The van der Waals surface area contributed by atoms with Gasteiger partial charge >= 0.3 is 12.1 Å². The first-order chi connectivity index (χ1) is 16.3. The lowest BCUT2D eigenvalue weighted by Gasteiger charge is -2.32. The van der Waals surface area contributed by atoms with Gasteiger partial charge < -0.3 is 10.2 Å². The van der Waals surface area contributed by atoms with Gasteiger partial charge in [-0.25, -0.2) is 9.48 Å². The molecule has 0 bridgehead atoms. The molecule has 2 aliphatic rings. The Morgan fingerprint density at radius 2 is 2.00 bits per heavy atom. The maximum absolute atomic E-state index is 13.2. The van der Waals surface area contributed by atoms with E-state index in [1.54, 1.807) is 37.9 Å². The second-order valence-electron chi connectivity index (χ2n) is 9.31. The Kier molecular flexibility index (Phi) is 6.41. The molecule has 9 nitrogen and oxygen atoms in total. The van der Waals surface area contributed by atoms with Gasteiger partial charge in [0.1, 0.15) is 11.3 Å². The number of nitrogens with zero attached hydrogens (tertiary/aromatic N) is 4. The number of carbonyl (C=O) groups excluding carboxylic acids is 2. The van der Waals surface area contributed by atoms with Crippen LogP contribution in [0, 0.1) is 0 Å². The number of benzene rings is 1. The smallest absolute Gasteiger partial charge is 0.417 e. The number of halogens is 4. The van der Waals surface area contributed by atoms with Crippen molar-refractivity contribution in [3.05, 3.63) is 58.0 Å². The minimum Gasteiger partial charge on any atom is -0.457 e. The van der Waals surface area contributed by atoms with E-state index in [2.05, 4.69) is 21.2 Å². The summed E-state index contributed by atoms with van der Waals surface area (Å²) in [5.41, 5.74) is 3.49.